The normalized spacial score (nSPS) is 13.3. The molecule has 0 saturated heterocycles. The lowest BCUT2D eigenvalue weighted by Gasteiger charge is -2.18. The number of hydrogen-bond acceptors (Lipinski definition) is 4. The van der Waals surface area contributed by atoms with Crippen molar-refractivity contribution in [2.24, 2.45) is 0 Å². The SMILES string of the molecule is O=C(Cc1ccoc1)c1ccc2c(c1)OCCO2. The summed E-state index contributed by atoms with van der Waals surface area (Å²) in [6.45, 7) is 1.07. The Morgan fingerprint density at radius 3 is 2.72 bits per heavy atom. The van der Waals surface area contributed by atoms with E-state index in [2.05, 4.69) is 0 Å². The van der Waals surface area contributed by atoms with E-state index >= 15 is 0 Å². The van der Waals surface area contributed by atoms with Crippen LogP contribution < -0.4 is 9.47 Å². The van der Waals surface area contributed by atoms with E-state index in [0.29, 0.717) is 36.7 Å². The molecule has 0 N–H and O–H groups in total. The summed E-state index contributed by atoms with van der Waals surface area (Å²) in [7, 11) is 0. The summed E-state index contributed by atoms with van der Waals surface area (Å²) < 4.78 is 15.8. The van der Waals surface area contributed by atoms with Crippen LogP contribution in [-0.4, -0.2) is 19.0 Å². The van der Waals surface area contributed by atoms with Gasteiger partial charge in [0.1, 0.15) is 13.2 Å². The summed E-state index contributed by atoms with van der Waals surface area (Å²) in [4.78, 5) is 12.1. The first-order valence-corrected chi connectivity index (χ1v) is 5.77. The number of ether oxygens (including phenoxy) is 2. The molecule has 92 valence electrons. The van der Waals surface area contributed by atoms with Crippen LogP contribution >= 0.6 is 0 Å². The first-order chi connectivity index (χ1) is 8.83. The minimum absolute atomic E-state index is 0.0355. The first kappa shape index (κ1) is 10.9. The number of Topliss-reactive ketones (excluding diaryl/α,β-unsaturated/α-hetero) is 1. The zero-order chi connectivity index (χ0) is 12.4. The molecule has 0 spiro atoms. The van der Waals surface area contributed by atoms with Crippen LogP contribution in [0.4, 0.5) is 0 Å². The molecule has 3 rings (SSSR count). The molecular formula is C14H12O4. The molecular weight excluding hydrogens is 232 g/mol. The maximum atomic E-state index is 12.1. The number of furan rings is 1. The predicted octanol–water partition coefficient (Wildman–Crippen LogP) is 2.48. The summed E-state index contributed by atoms with van der Waals surface area (Å²) in [5.41, 5.74) is 1.50. The van der Waals surface area contributed by atoms with Crippen molar-refractivity contribution in [2.75, 3.05) is 13.2 Å². The number of carbonyl (C=O) groups excluding carboxylic acids is 1. The lowest BCUT2D eigenvalue weighted by molar-refractivity contribution is 0.0991. The van der Waals surface area contributed by atoms with Crippen LogP contribution in [-0.2, 0) is 6.42 Å². The van der Waals surface area contributed by atoms with Crippen LogP contribution in [0.2, 0.25) is 0 Å². The Balaban J connectivity index is 1.81. The van der Waals surface area contributed by atoms with Gasteiger partial charge < -0.3 is 13.9 Å². The highest BCUT2D eigenvalue weighted by Gasteiger charge is 2.15. The molecule has 0 radical (unpaired) electrons. The average molecular weight is 244 g/mol. The number of benzene rings is 1. The van der Waals surface area contributed by atoms with E-state index in [9.17, 15) is 4.79 Å². The van der Waals surface area contributed by atoms with Crippen LogP contribution in [0, 0.1) is 0 Å². The number of ketones is 1. The molecule has 1 aromatic carbocycles. The summed E-state index contributed by atoms with van der Waals surface area (Å²) >= 11 is 0. The fourth-order valence-electron chi connectivity index (χ4n) is 1.90. The van der Waals surface area contributed by atoms with Crippen molar-refractivity contribution in [3.8, 4) is 11.5 Å². The second-order valence-electron chi connectivity index (χ2n) is 4.09. The Labute approximate surface area is 104 Å². The molecule has 0 bridgehead atoms. The molecule has 0 saturated carbocycles. The summed E-state index contributed by atoms with van der Waals surface area (Å²) in [5.74, 6) is 1.37. The predicted molar refractivity (Wildman–Crippen MR) is 64.2 cm³/mol. The Morgan fingerprint density at radius 1 is 1.11 bits per heavy atom. The van der Waals surface area contributed by atoms with Gasteiger partial charge >= 0.3 is 0 Å². The zero-order valence-corrected chi connectivity index (χ0v) is 9.72. The quantitative estimate of drug-likeness (QED) is 0.778. The van der Waals surface area contributed by atoms with Gasteiger partial charge in [0, 0.05) is 12.0 Å². The van der Waals surface area contributed by atoms with E-state index in [4.69, 9.17) is 13.9 Å². The van der Waals surface area contributed by atoms with Gasteiger partial charge in [-0.05, 0) is 29.8 Å². The smallest absolute Gasteiger partial charge is 0.167 e. The Kier molecular flexibility index (Phi) is 2.76. The Bertz CT molecular complexity index is 557. The van der Waals surface area contributed by atoms with Gasteiger partial charge in [0.2, 0.25) is 0 Å². The van der Waals surface area contributed by atoms with Gasteiger partial charge in [-0.25, -0.2) is 0 Å². The Morgan fingerprint density at radius 2 is 1.94 bits per heavy atom. The third kappa shape index (κ3) is 2.09. The Hall–Kier alpha value is -2.23. The van der Waals surface area contributed by atoms with Crippen molar-refractivity contribution < 1.29 is 18.7 Å². The molecule has 4 heteroatoms. The second kappa shape index (κ2) is 4.56. The van der Waals surface area contributed by atoms with E-state index in [1.54, 1.807) is 36.8 Å². The molecule has 2 aromatic rings. The van der Waals surface area contributed by atoms with Gasteiger partial charge in [-0.2, -0.15) is 0 Å². The topological polar surface area (TPSA) is 48.7 Å². The van der Waals surface area contributed by atoms with Gasteiger partial charge in [0.15, 0.2) is 17.3 Å². The second-order valence-corrected chi connectivity index (χ2v) is 4.09. The zero-order valence-electron chi connectivity index (χ0n) is 9.72. The van der Waals surface area contributed by atoms with Crippen molar-refractivity contribution in [1.29, 1.82) is 0 Å². The summed E-state index contributed by atoms with van der Waals surface area (Å²) in [6.07, 6.45) is 3.47. The molecule has 2 heterocycles. The van der Waals surface area contributed by atoms with E-state index < -0.39 is 0 Å². The minimum Gasteiger partial charge on any atom is -0.486 e. The molecule has 1 aliphatic rings. The van der Waals surface area contributed by atoms with Crippen LogP contribution in [0.5, 0.6) is 11.5 Å². The fraction of sp³-hybridized carbons (Fsp3) is 0.214. The van der Waals surface area contributed by atoms with E-state index in [1.165, 1.54) is 0 Å². The van der Waals surface area contributed by atoms with E-state index in [-0.39, 0.29) is 5.78 Å². The monoisotopic (exact) mass is 244 g/mol. The maximum Gasteiger partial charge on any atom is 0.167 e. The number of fused-ring (bicyclic) bond motifs is 1. The molecule has 0 fully saturated rings. The molecule has 1 aromatic heterocycles. The first-order valence-electron chi connectivity index (χ1n) is 5.77. The minimum atomic E-state index is 0.0355. The number of rotatable bonds is 3. The van der Waals surface area contributed by atoms with Crippen molar-refractivity contribution in [3.05, 3.63) is 47.9 Å². The van der Waals surface area contributed by atoms with E-state index in [0.717, 1.165) is 5.56 Å². The molecule has 0 atom stereocenters. The van der Waals surface area contributed by atoms with Crippen LogP contribution in [0.25, 0.3) is 0 Å². The molecule has 0 aliphatic carbocycles. The van der Waals surface area contributed by atoms with Crippen molar-refractivity contribution >= 4 is 5.78 Å². The molecule has 18 heavy (non-hydrogen) atoms. The van der Waals surface area contributed by atoms with Crippen molar-refractivity contribution in [3.63, 3.8) is 0 Å². The van der Waals surface area contributed by atoms with Crippen molar-refractivity contribution in [1.82, 2.24) is 0 Å². The van der Waals surface area contributed by atoms with Gasteiger partial charge in [-0.3, -0.25) is 4.79 Å². The number of hydrogen-bond donors (Lipinski definition) is 0. The van der Waals surface area contributed by atoms with Crippen LogP contribution in [0.1, 0.15) is 15.9 Å². The lowest BCUT2D eigenvalue weighted by Crippen LogP contribution is -2.16. The summed E-state index contributed by atoms with van der Waals surface area (Å²) in [5, 5.41) is 0. The highest BCUT2D eigenvalue weighted by molar-refractivity contribution is 5.98. The maximum absolute atomic E-state index is 12.1. The third-order valence-electron chi connectivity index (χ3n) is 2.81. The molecule has 4 nitrogen and oxygen atoms in total. The summed E-state index contributed by atoms with van der Waals surface area (Å²) in [6, 6.07) is 7.06. The fourth-order valence-corrected chi connectivity index (χ4v) is 1.90. The lowest BCUT2D eigenvalue weighted by atomic mass is 10.0. The largest absolute Gasteiger partial charge is 0.486 e. The van der Waals surface area contributed by atoms with Crippen molar-refractivity contribution in [2.45, 2.75) is 6.42 Å². The highest BCUT2D eigenvalue weighted by atomic mass is 16.6. The standard InChI is InChI=1S/C14H12O4/c15-12(7-10-3-4-16-9-10)11-1-2-13-14(8-11)18-6-5-17-13/h1-4,8-9H,5-7H2. The number of carbonyl (C=O) groups is 1. The van der Waals surface area contributed by atoms with Crippen LogP contribution in [0.15, 0.2) is 41.2 Å². The van der Waals surface area contributed by atoms with Gasteiger partial charge in [-0.15, -0.1) is 0 Å². The van der Waals surface area contributed by atoms with Crippen LogP contribution in [0.3, 0.4) is 0 Å². The average Bonchev–Trinajstić information content (AvgIpc) is 2.91. The van der Waals surface area contributed by atoms with Gasteiger partial charge in [0.05, 0.1) is 12.5 Å². The highest BCUT2D eigenvalue weighted by Crippen LogP contribution is 2.31. The molecule has 0 unspecified atom stereocenters. The third-order valence-corrected chi connectivity index (χ3v) is 2.81. The van der Waals surface area contributed by atoms with E-state index in [1.807, 2.05) is 0 Å². The van der Waals surface area contributed by atoms with Gasteiger partial charge in [-0.1, -0.05) is 0 Å². The molecule has 1 aliphatic heterocycles. The molecule has 0 amide bonds. The van der Waals surface area contributed by atoms with Gasteiger partial charge in [0.25, 0.3) is 0 Å².